The third-order valence-electron chi connectivity index (χ3n) is 4.40. The summed E-state index contributed by atoms with van der Waals surface area (Å²) in [4.78, 5) is 29.6. The fourth-order valence-electron chi connectivity index (χ4n) is 2.76. The summed E-state index contributed by atoms with van der Waals surface area (Å²) < 4.78 is 5.13. The van der Waals surface area contributed by atoms with Crippen molar-refractivity contribution in [3.05, 3.63) is 58.1 Å². The van der Waals surface area contributed by atoms with Crippen molar-refractivity contribution >= 4 is 29.2 Å². The number of non-ortho nitro benzene ring substituents is 1. The Hall–Kier alpha value is -3.22. The molecule has 1 amide bonds. The van der Waals surface area contributed by atoms with Crippen LogP contribution >= 0.6 is 0 Å². The van der Waals surface area contributed by atoms with Gasteiger partial charge in [-0.05, 0) is 42.7 Å². The Morgan fingerprint density at radius 2 is 1.96 bits per heavy atom. The van der Waals surface area contributed by atoms with Gasteiger partial charge in [-0.15, -0.1) is 0 Å². The molecule has 0 heterocycles. The number of benzene rings is 2. The monoisotopic (exact) mass is 383 g/mol. The van der Waals surface area contributed by atoms with E-state index in [-0.39, 0.29) is 23.1 Å². The van der Waals surface area contributed by atoms with E-state index in [0.717, 1.165) is 12.8 Å². The topological polar surface area (TPSA) is 85.0 Å². The molecule has 2 rings (SSSR count). The Bertz CT molecular complexity index is 862. The van der Waals surface area contributed by atoms with Crippen LogP contribution in [0, 0.1) is 16.0 Å². The third-order valence-corrected chi connectivity index (χ3v) is 4.40. The molecule has 0 saturated carbocycles. The van der Waals surface area contributed by atoms with Gasteiger partial charge in [0.2, 0.25) is 0 Å². The van der Waals surface area contributed by atoms with Crippen LogP contribution in [-0.2, 0) is 0 Å². The number of methoxy groups -OCH3 is 1. The van der Waals surface area contributed by atoms with Gasteiger partial charge in [-0.2, -0.15) is 0 Å². The summed E-state index contributed by atoms with van der Waals surface area (Å²) in [6, 6.07) is 11.2. The number of ether oxygens (including phenoxy) is 1. The lowest BCUT2D eigenvalue weighted by Crippen LogP contribution is -2.26. The molecule has 7 heteroatoms. The summed E-state index contributed by atoms with van der Waals surface area (Å²) in [7, 11) is 3.19. The number of anilines is 1. The molecule has 0 aliphatic carbocycles. The number of hydrogen-bond donors (Lipinski definition) is 0. The number of nitro groups is 1. The predicted molar refractivity (Wildman–Crippen MR) is 111 cm³/mol. The molecule has 7 nitrogen and oxygen atoms in total. The molecular weight excluding hydrogens is 358 g/mol. The van der Waals surface area contributed by atoms with E-state index in [1.54, 1.807) is 44.6 Å². The van der Waals surface area contributed by atoms with Crippen LogP contribution in [0.2, 0.25) is 0 Å². The maximum Gasteiger partial charge on any atom is 0.270 e. The molecule has 0 fully saturated rings. The fraction of sp³-hybridized carbons (Fsp3) is 0.333. The van der Waals surface area contributed by atoms with Crippen LogP contribution in [0.25, 0.3) is 0 Å². The van der Waals surface area contributed by atoms with E-state index in [2.05, 4.69) is 11.9 Å². The number of amides is 1. The van der Waals surface area contributed by atoms with Crippen LogP contribution in [-0.4, -0.2) is 31.2 Å². The zero-order valence-corrected chi connectivity index (χ0v) is 16.6. The van der Waals surface area contributed by atoms with Crippen molar-refractivity contribution in [3.8, 4) is 5.75 Å². The van der Waals surface area contributed by atoms with Crippen molar-refractivity contribution in [3.63, 3.8) is 0 Å². The van der Waals surface area contributed by atoms with Crippen molar-refractivity contribution < 1.29 is 14.5 Å². The van der Waals surface area contributed by atoms with Crippen LogP contribution in [0.1, 0.15) is 37.0 Å². The van der Waals surface area contributed by atoms with Gasteiger partial charge in [0.1, 0.15) is 5.75 Å². The Morgan fingerprint density at radius 1 is 1.29 bits per heavy atom. The first-order valence-electron chi connectivity index (χ1n) is 9.12. The molecule has 0 saturated heterocycles. The second-order valence-corrected chi connectivity index (χ2v) is 6.56. The van der Waals surface area contributed by atoms with Crippen LogP contribution in [0.15, 0.2) is 47.5 Å². The lowest BCUT2D eigenvalue weighted by molar-refractivity contribution is -0.384. The first-order chi connectivity index (χ1) is 13.4. The second-order valence-electron chi connectivity index (χ2n) is 6.56. The van der Waals surface area contributed by atoms with Crippen LogP contribution in [0.3, 0.4) is 0 Å². The van der Waals surface area contributed by atoms with E-state index < -0.39 is 4.92 Å². The first-order valence-corrected chi connectivity index (χ1v) is 9.12. The maximum atomic E-state index is 13.1. The average Bonchev–Trinajstić information content (AvgIpc) is 2.71. The van der Waals surface area contributed by atoms with Gasteiger partial charge in [-0.25, -0.2) is 0 Å². The summed E-state index contributed by atoms with van der Waals surface area (Å²) in [6.45, 7) is 4.14. The molecule has 0 bridgehead atoms. The van der Waals surface area contributed by atoms with E-state index in [0.29, 0.717) is 17.1 Å². The summed E-state index contributed by atoms with van der Waals surface area (Å²) in [5.74, 6) is 0.557. The van der Waals surface area contributed by atoms with Crippen molar-refractivity contribution in [2.45, 2.75) is 26.7 Å². The predicted octanol–water partition coefficient (Wildman–Crippen LogP) is 5.02. The zero-order valence-electron chi connectivity index (χ0n) is 16.6. The minimum atomic E-state index is -0.517. The Morgan fingerprint density at radius 3 is 2.54 bits per heavy atom. The lowest BCUT2D eigenvalue weighted by Gasteiger charge is -2.18. The van der Waals surface area contributed by atoms with Crippen molar-refractivity contribution in [1.82, 2.24) is 0 Å². The Balaban J connectivity index is 2.39. The van der Waals surface area contributed by atoms with E-state index in [1.807, 2.05) is 6.92 Å². The molecule has 0 aliphatic heterocycles. The van der Waals surface area contributed by atoms with E-state index in [4.69, 9.17) is 4.74 Å². The van der Waals surface area contributed by atoms with Gasteiger partial charge in [-0.1, -0.05) is 20.3 Å². The third kappa shape index (κ3) is 5.16. The highest BCUT2D eigenvalue weighted by atomic mass is 16.6. The number of nitrogens with zero attached hydrogens (tertiary/aromatic N) is 3. The van der Waals surface area contributed by atoms with Gasteiger partial charge in [-0.3, -0.25) is 19.9 Å². The summed E-state index contributed by atoms with van der Waals surface area (Å²) in [5, 5.41) is 11.2. The molecule has 1 unspecified atom stereocenters. The first kappa shape index (κ1) is 21.1. The smallest absolute Gasteiger partial charge is 0.270 e. The van der Waals surface area contributed by atoms with Gasteiger partial charge in [0, 0.05) is 31.1 Å². The highest BCUT2D eigenvalue weighted by Gasteiger charge is 2.21. The van der Waals surface area contributed by atoms with Crippen LogP contribution < -0.4 is 9.64 Å². The van der Waals surface area contributed by atoms with E-state index >= 15 is 0 Å². The molecule has 2 aromatic carbocycles. The van der Waals surface area contributed by atoms with E-state index in [1.165, 1.54) is 23.1 Å². The van der Waals surface area contributed by atoms with Gasteiger partial charge >= 0.3 is 0 Å². The molecule has 0 aromatic heterocycles. The number of nitro benzene ring substituents is 1. The summed E-state index contributed by atoms with van der Waals surface area (Å²) in [5.41, 5.74) is 1.10. The number of rotatable bonds is 8. The minimum absolute atomic E-state index is 0.146. The molecule has 0 radical (unpaired) electrons. The number of carbonyl (C=O) groups excluding carboxylic acids is 1. The van der Waals surface area contributed by atoms with Crippen molar-refractivity contribution in [2.75, 3.05) is 19.1 Å². The fourth-order valence-corrected chi connectivity index (χ4v) is 2.76. The largest absolute Gasteiger partial charge is 0.497 e. The number of carbonyl (C=O) groups is 1. The second kappa shape index (κ2) is 9.64. The highest BCUT2D eigenvalue weighted by molar-refractivity contribution is 6.09. The molecular formula is C21H25N3O4. The zero-order chi connectivity index (χ0) is 20.7. The molecule has 148 valence electrons. The standard InChI is InChI=1S/C21H25N3O4/c1-5-6-15(2)14-22-20-12-9-17(24(26)27)13-19(20)21(25)23(3)16-7-10-18(28-4)11-8-16/h7-15H,5-6H2,1-4H3. The SMILES string of the molecule is CCCC(C)C=Nc1ccc([N+](=O)[O-])cc1C(=O)N(C)c1ccc(OC)cc1. The van der Waals surface area contributed by atoms with Crippen molar-refractivity contribution in [1.29, 1.82) is 0 Å². The van der Waals surface area contributed by atoms with Crippen LogP contribution in [0.5, 0.6) is 5.75 Å². The van der Waals surface area contributed by atoms with Crippen molar-refractivity contribution in [2.24, 2.45) is 10.9 Å². The molecule has 0 N–H and O–H groups in total. The Labute approximate surface area is 164 Å². The number of hydrogen-bond acceptors (Lipinski definition) is 5. The summed E-state index contributed by atoms with van der Waals surface area (Å²) >= 11 is 0. The maximum absolute atomic E-state index is 13.1. The minimum Gasteiger partial charge on any atom is -0.497 e. The molecule has 0 aliphatic rings. The molecule has 2 aromatic rings. The highest BCUT2D eigenvalue weighted by Crippen LogP contribution is 2.28. The summed E-state index contributed by atoms with van der Waals surface area (Å²) in [6.07, 6.45) is 3.79. The average molecular weight is 383 g/mol. The number of aliphatic imine (C=N–C) groups is 1. The molecule has 0 spiro atoms. The molecule has 28 heavy (non-hydrogen) atoms. The quantitative estimate of drug-likeness (QED) is 0.364. The lowest BCUT2D eigenvalue weighted by atomic mass is 10.1. The van der Waals surface area contributed by atoms with E-state index in [9.17, 15) is 14.9 Å². The van der Waals surface area contributed by atoms with Gasteiger partial charge in [0.15, 0.2) is 0 Å². The Kier molecular flexibility index (Phi) is 7.26. The molecule has 1 atom stereocenters. The van der Waals surface area contributed by atoms with Crippen LogP contribution in [0.4, 0.5) is 17.1 Å². The van der Waals surface area contributed by atoms with Gasteiger partial charge in [0.25, 0.3) is 11.6 Å². The normalized spacial score (nSPS) is 12.0. The van der Waals surface area contributed by atoms with Gasteiger partial charge in [0.05, 0.1) is 23.3 Å². The van der Waals surface area contributed by atoms with Gasteiger partial charge < -0.3 is 9.64 Å².